The molecule has 0 aliphatic heterocycles. The third-order valence-corrected chi connectivity index (χ3v) is 1.62. The SMILES string of the molecule is NC1CCC[C@H]1N. The number of hydrogen-bond acceptors (Lipinski definition) is 2. The molecule has 1 aliphatic carbocycles. The van der Waals surface area contributed by atoms with Crippen molar-refractivity contribution in [3.8, 4) is 0 Å². The van der Waals surface area contributed by atoms with Crippen molar-refractivity contribution < 1.29 is 0 Å². The molecule has 0 saturated heterocycles. The second kappa shape index (κ2) is 1.80. The molecule has 1 aliphatic rings. The van der Waals surface area contributed by atoms with Crippen molar-refractivity contribution in [2.45, 2.75) is 31.3 Å². The van der Waals surface area contributed by atoms with Crippen LogP contribution in [0.4, 0.5) is 0 Å². The maximum absolute atomic E-state index is 5.55. The number of hydrogen-bond donors (Lipinski definition) is 2. The first kappa shape index (κ1) is 5.06. The summed E-state index contributed by atoms with van der Waals surface area (Å²) in [6.07, 6.45) is 3.48. The molecule has 0 radical (unpaired) electrons. The van der Waals surface area contributed by atoms with Gasteiger partial charge < -0.3 is 11.5 Å². The quantitative estimate of drug-likeness (QED) is 0.444. The zero-order chi connectivity index (χ0) is 5.28. The lowest BCUT2D eigenvalue weighted by Crippen LogP contribution is -2.35. The Balaban J connectivity index is 2.33. The summed E-state index contributed by atoms with van der Waals surface area (Å²) in [5, 5.41) is 0. The summed E-state index contributed by atoms with van der Waals surface area (Å²) < 4.78 is 0. The van der Waals surface area contributed by atoms with Gasteiger partial charge in [-0.05, 0) is 12.8 Å². The van der Waals surface area contributed by atoms with Crippen molar-refractivity contribution in [1.29, 1.82) is 0 Å². The van der Waals surface area contributed by atoms with Crippen LogP contribution in [0, 0.1) is 0 Å². The fourth-order valence-electron chi connectivity index (χ4n) is 1.02. The van der Waals surface area contributed by atoms with Gasteiger partial charge in [0.15, 0.2) is 0 Å². The van der Waals surface area contributed by atoms with E-state index in [1.807, 2.05) is 0 Å². The van der Waals surface area contributed by atoms with E-state index in [1.165, 1.54) is 6.42 Å². The summed E-state index contributed by atoms with van der Waals surface area (Å²) in [6, 6.07) is 0.583. The second-order valence-electron chi connectivity index (χ2n) is 2.26. The van der Waals surface area contributed by atoms with Gasteiger partial charge in [0.1, 0.15) is 0 Å². The molecule has 2 nitrogen and oxygen atoms in total. The zero-order valence-electron chi connectivity index (χ0n) is 4.43. The van der Waals surface area contributed by atoms with Crippen molar-refractivity contribution >= 4 is 0 Å². The van der Waals surface area contributed by atoms with Gasteiger partial charge in [-0.2, -0.15) is 0 Å². The van der Waals surface area contributed by atoms with E-state index in [-0.39, 0.29) is 0 Å². The van der Waals surface area contributed by atoms with E-state index in [2.05, 4.69) is 0 Å². The van der Waals surface area contributed by atoms with Crippen LogP contribution < -0.4 is 11.5 Å². The Morgan fingerprint density at radius 3 is 1.57 bits per heavy atom. The Kier molecular flexibility index (Phi) is 1.30. The van der Waals surface area contributed by atoms with E-state index in [9.17, 15) is 0 Å². The molecule has 7 heavy (non-hydrogen) atoms. The molecule has 4 N–H and O–H groups in total. The monoisotopic (exact) mass is 100 g/mol. The molecule has 0 aromatic heterocycles. The molecule has 0 amide bonds. The highest BCUT2D eigenvalue weighted by atomic mass is 14.8. The smallest absolute Gasteiger partial charge is 0.0192 e. The molecule has 1 saturated carbocycles. The predicted octanol–water partition coefficient (Wildman–Crippen LogP) is -0.175. The second-order valence-corrected chi connectivity index (χ2v) is 2.26. The van der Waals surface area contributed by atoms with Gasteiger partial charge >= 0.3 is 0 Å². The first-order valence-corrected chi connectivity index (χ1v) is 2.82. The van der Waals surface area contributed by atoms with Crippen LogP contribution in [0.5, 0.6) is 0 Å². The van der Waals surface area contributed by atoms with Gasteiger partial charge in [-0.25, -0.2) is 0 Å². The highest BCUT2D eigenvalue weighted by molar-refractivity contribution is 4.82. The van der Waals surface area contributed by atoms with Crippen LogP contribution in [0.1, 0.15) is 19.3 Å². The first-order valence-electron chi connectivity index (χ1n) is 2.82. The minimum atomic E-state index is 0.292. The van der Waals surface area contributed by atoms with Crippen LogP contribution >= 0.6 is 0 Å². The molecule has 0 aromatic carbocycles. The maximum atomic E-state index is 5.55. The van der Waals surface area contributed by atoms with E-state index in [0.717, 1.165) is 12.8 Å². The zero-order valence-corrected chi connectivity index (χ0v) is 4.43. The summed E-state index contributed by atoms with van der Waals surface area (Å²) in [5.74, 6) is 0. The fourth-order valence-corrected chi connectivity index (χ4v) is 1.02. The Hall–Kier alpha value is -0.0800. The summed E-state index contributed by atoms with van der Waals surface area (Å²) in [6.45, 7) is 0. The van der Waals surface area contributed by atoms with Crippen molar-refractivity contribution in [2.24, 2.45) is 11.5 Å². The molecule has 0 aromatic rings. The van der Waals surface area contributed by atoms with Crippen LogP contribution in [0.15, 0.2) is 0 Å². The number of rotatable bonds is 0. The van der Waals surface area contributed by atoms with Crippen LogP contribution in [0.3, 0.4) is 0 Å². The third-order valence-electron chi connectivity index (χ3n) is 1.62. The Labute approximate surface area is 43.9 Å². The summed E-state index contributed by atoms with van der Waals surface area (Å²) in [5.41, 5.74) is 11.1. The lowest BCUT2D eigenvalue weighted by Gasteiger charge is -2.05. The Morgan fingerprint density at radius 1 is 1.00 bits per heavy atom. The average Bonchev–Trinajstić information content (AvgIpc) is 1.91. The van der Waals surface area contributed by atoms with Crippen LogP contribution in [0.25, 0.3) is 0 Å². The van der Waals surface area contributed by atoms with E-state index in [0.29, 0.717) is 12.1 Å². The predicted molar refractivity (Wildman–Crippen MR) is 29.8 cm³/mol. The van der Waals surface area contributed by atoms with Gasteiger partial charge in [0.05, 0.1) is 0 Å². The summed E-state index contributed by atoms with van der Waals surface area (Å²) in [7, 11) is 0. The molecular formula is C5H12N2. The van der Waals surface area contributed by atoms with E-state index in [4.69, 9.17) is 11.5 Å². The van der Waals surface area contributed by atoms with Crippen molar-refractivity contribution in [1.82, 2.24) is 0 Å². The molecular weight excluding hydrogens is 88.1 g/mol. The molecule has 1 rings (SSSR count). The molecule has 42 valence electrons. The van der Waals surface area contributed by atoms with Gasteiger partial charge in [-0.15, -0.1) is 0 Å². The van der Waals surface area contributed by atoms with Gasteiger partial charge in [0.25, 0.3) is 0 Å². The van der Waals surface area contributed by atoms with E-state index >= 15 is 0 Å². The molecule has 1 fully saturated rings. The van der Waals surface area contributed by atoms with E-state index < -0.39 is 0 Å². The molecule has 0 bridgehead atoms. The van der Waals surface area contributed by atoms with Gasteiger partial charge in [-0.3, -0.25) is 0 Å². The Morgan fingerprint density at radius 2 is 1.43 bits per heavy atom. The molecule has 0 spiro atoms. The first-order chi connectivity index (χ1) is 3.30. The van der Waals surface area contributed by atoms with Gasteiger partial charge in [0, 0.05) is 12.1 Å². The number of nitrogens with two attached hydrogens (primary N) is 2. The fraction of sp³-hybridized carbons (Fsp3) is 1.00. The van der Waals surface area contributed by atoms with Crippen molar-refractivity contribution in [2.75, 3.05) is 0 Å². The lowest BCUT2D eigenvalue weighted by molar-refractivity contribution is 0.603. The van der Waals surface area contributed by atoms with Gasteiger partial charge in [-0.1, -0.05) is 6.42 Å². The average molecular weight is 100 g/mol. The minimum absolute atomic E-state index is 0.292. The summed E-state index contributed by atoms with van der Waals surface area (Å²) >= 11 is 0. The highest BCUT2D eigenvalue weighted by Gasteiger charge is 2.18. The maximum Gasteiger partial charge on any atom is 0.0192 e. The molecule has 2 heteroatoms. The lowest BCUT2D eigenvalue weighted by atomic mass is 10.2. The molecule has 2 atom stereocenters. The van der Waals surface area contributed by atoms with Crippen LogP contribution in [-0.2, 0) is 0 Å². The van der Waals surface area contributed by atoms with Crippen LogP contribution in [0.2, 0.25) is 0 Å². The normalized spacial score (nSPS) is 42.0. The minimum Gasteiger partial charge on any atom is -0.326 e. The largest absolute Gasteiger partial charge is 0.326 e. The molecule has 1 unspecified atom stereocenters. The van der Waals surface area contributed by atoms with Crippen LogP contribution in [-0.4, -0.2) is 12.1 Å². The highest BCUT2D eigenvalue weighted by Crippen LogP contribution is 2.13. The van der Waals surface area contributed by atoms with Crippen molar-refractivity contribution in [3.63, 3.8) is 0 Å². The molecule has 0 heterocycles. The summed E-state index contributed by atoms with van der Waals surface area (Å²) in [4.78, 5) is 0. The topological polar surface area (TPSA) is 52.0 Å². The Bertz CT molecular complexity index is 55.1. The van der Waals surface area contributed by atoms with Gasteiger partial charge in [0.2, 0.25) is 0 Å². The third kappa shape index (κ3) is 0.924. The van der Waals surface area contributed by atoms with E-state index in [1.54, 1.807) is 0 Å². The van der Waals surface area contributed by atoms with Crippen molar-refractivity contribution in [3.05, 3.63) is 0 Å². The standard InChI is InChI=1S/C5H12N2/c6-4-2-1-3-5(4)7/h4-5H,1-3,6-7H2/t4-,5?/m1/s1.